The molecule has 1 saturated heterocycles. The van der Waals surface area contributed by atoms with E-state index in [-0.39, 0.29) is 18.1 Å². The summed E-state index contributed by atoms with van der Waals surface area (Å²) in [4.78, 5) is 24.8. The van der Waals surface area contributed by atoms with E-state index < -0.39 is 22.0 Å². The van der Waals surface area contributed by atoms with E-state index in [2.05, 4.69) is 4.72 Å². The van der Waals surface area contributed by atoms with Gasteiger partial charge in [0.05, 0.1) is 12.2 Å². The Morgan fingerprint density at radius 3 is 2.74 bits per heavy atom. The molecule has 6 nitrogen and oxygen atoms in total. The van der Waals surface area contributed by atoms with Crippen LogP contribution in [0.25, 0.3) is 0 Å². The fourth-order valence-electron chi connectivity index (χ4n) is 1.81. The molecule has 1 N–H and O–H groups in total. The molecule has 1 unspecified atom stereocenters. The molecule has 0 bridgehead atoms. The van der Waals surface area contributed by atoms with E-state index in [9.17, 15) is 18.0 Å². The first-order valence-corrected chi connectivity index (χ1v) is 8.25. The highest BCUT2D eigenvalue weighted by Gasteiger charge is 2.38. The Morgan fingerprint density at radius 2 is 2.21 bits per heavy atom. The lowest BCUT2D eigenvalue weighted by atomic mass is 10.3. The van der Waals surface area contributed by atoms with Crippen LogP contribution in [0.5, 0.6) is 0 Å². The number of likely N-dealkylation sites (N-methyl/N-ethyl adjacent to an activating group) is 1. The van der Waals surface area contributed by atoms with Crippen molar-refractivity contribution in [3.8, 4) is 0 Å². The van der Waals surface area contributed by atoms with Crippen LogP contribution in [0, 0.1) is 0 Å². The van der Waals surface area contributed by atoms with Gasteiger partial charge in [0.2, 0.25) is 21.8 Å². The molecule has 104 valence electrons. The van der Waals surface area contributed by atoms with Crippen molar-refractivity contribution in [2.75, 3.05) is 12.8 Å². The van der Waals surface area contributed by atoms with Gasteiger partial charge in [-0.15, -0.1) is 11.3 Å². The van der Waals surface area contributed by atoms with Gasteiger partial charge >= 0.3 is 0 Å². The van der Waals surface area contributed by atoms with Crippen molar-refractivity contribution in [3.05, 3.63) is 22.4 Å². The molecule has 1 atom stereocenters. The second-order valence-corrected chi connectivity index (χ2v) is 7.22. The van der Waals surface area contributed by atoms with E-state index in [1.807, 2.05) is 17.5 Å². The predicted octanol–water partition coefficient (Wildman–Crippen LogP) is -0.0327. The number of nitrogens with one attached hydrogen (secondary N) is 1. The second-order valence-electron chi connectivity index (χ2n) is 4.31. The van der Waals surface area contributed by atoms with Gasteiger partial charge in [0.25, 0.3) is 0 Å². The quantitative estimate of drug-likeness (QED) is 0.774. The monoisotopic (exact) mass is 302 g/mol. The molecule has 1 aromatic rings. The maximum Gasteiger partial charge on any atom is 0.247 e. The van der Waals surface area contributed by atoms with E-state index in [4.69, 9.17) is 0 Å². The van der Waals surface area contributed by atoms with Gasteiger partial charge < -0.3 is 0 Å². The summed E-state index contributed by atoms with van der Waals surface area (Å²) in [5.41, 5.74) is 0. The highest BCUT2D eigenvalue weighted by molar-refractivity contribution is 7.89. The minimum absolute atomic E-state index is 0.0881. The van der Waals surface area contributed by atoms with Crippen LogP contribution in [0.15, 0.2) is 17.5 Å². The number of hydrogen-bond acceptors (Lipinski definition) is 5. The number of aryl methyl sites for hydroxylation is 1. The lowest BCUT2D eigenvalue weighted by Crippen LogP contribution is -2.41. The first-order chi connectivity index (χ1) is 8.89. The fraction of sp³-hybridized carbons (Fsp3) is 0.455. The molecule has 1 aliphatic rings. The van der Waals surface area contributed by atoms with E-state index >= 15 is 0 Å². The number of carbonyl (C=O) groups is 2. The van der Waals surface area contributed by atoms with E-state index in [0.29, 0.717) is 6.42 Å². The number of amides is 2. The zero-order chi connectivity index (χ0) is 14.0. The van der Waals surface area contributed by atoms with Crippen molar-refractivity contribution in [1.82, 2.24) is 9.62 Å². The average Bonchev–Trinajstić information content (AvgIpc) is 2.93. The Morgan fingerprint density at radius 1 is 1.47 bits per heavy atom. The number of sulfonamides is 1. The molecule has 2 amide bonds. The van der Waals surface area contributed by atoms with Crippen LogP contribution < -0.4 is 4.72 Å². The van der Waals surface area contributed by atoms with Gasteiger partial charge in [0.15, 0.2) is 0 Å². The van der Waals surface area contributed by atoms with Crippen molar-refractivity contribution in [2.45, 2.75) is 18.9 Å². The Labute approximate surface area is 115 Å². The third kappa shape index (κ3) is 3.40. The molecular formula is C11H14N2O4S2. The predicted molar refractivity (Wildman–Crippen MR) is 71.1 cm³/mol. The van der Waals surface area contributed by atoms with E-state index in [0.717, 1.165) is 9.78 Å². The summed E-state index contributed by atoms with van der Waals surface area (Å²) < 4.78 is 26.0. The summed E-state index contributed by atoms with van der Waals surface area (Å²) in [6.07, 6.45) is 0.297. The number of hydrogen-bond donors (Lipinski definition) is 1. The Bertz CT molecular complexity index is 580. The van der Waals surface area contributed by atoms with Crippen LogP contribution in [0.1, 0.15) is 11.3 Å². The Kier molecular flexibility index (Phi) is 4.02. The first-order valence-electron chi connectivity index (χ1n) is 5.72. The minimum atomic E-state index is -3.56. The second kappa shape index (κ2) is 5.40. The van der Waals surface area contributed by atoms with Crippen LogP contribution in [-0.2, 0) is 26.0 Å². The van der Waals surface area contributed by atoms with Gasteiger partial charge in [-0.3, -0.25) is 14.5 Å². The topological polar surface area (TPSA) is 83.6 Å². The standard InChI is InChI=1S/C11H14N2O4S2/c1-13-10(14)7-9(11(13)15)12-19(16,17)6-4-8-3-2-5-18-8/h2-3,5,9,12H,4,6-7H2,1H3. The van der Waals surface area contributed by atoms with Crippen molar-refractivity contribution in [3.63, 3.8) is 0 Å². The number of carbonyl (C=O) groups excluding carboxylic acids is 2. The Balaban J connectivity index is 1.94. The van der Waals surface area contributed by atoms with Gasteiger partial charge in [-0.25, -0.2) is 13.1 Å². The molecule has 19 heavy (non-hydrogen) atoms. The van der Waals surface area contributed by atoms with Gasteiger partial charge in [0.1, 0.15) is 6.04 Å². The normalized spacial score (nSPS) is 20.3. The molecule has 0 saturated carbocycles. The minimum Gasteiger partial charge on any atom is -0.284 e. The van der Waals surface area contributed by atoms with Gasteiger partial charge in [0, 0.05) is 11.9 Å². The van der Waals surface area contributed by atoms with Gasteiger partial charge in [-0.2, -0.15) is 0 Å². The summed E-state index contributed by atoms with van der Waals surface area (Å²) in [6.45, 7) is 0. The van der Waals surface area contributed by atoms with Crippen molar-refractivity contribution < 1.29 is 18.0 Å². The summed E-state index contributed by atoms with van der Waals surface area (Å²) >= 11 is 1.49. The molecule has 2 heterocycles. The number of thiophene rings is 1. The molecular weight excluding hydrogens is 288 g/mol. The molecule has 0 aliphatic carbocycles. The number of imide groups is 1. The average molecular weight is 302 g/mol. The van der Waals surface area contributed by atoms with E-state index in [1.54, 1.807) is 0 Å². The summed E-state index contributed by atoms with van der Waals surface area (Å²) in [5, 5.41) is 1.88. The third-order valence-electron chi connectivity index (χ3n) is 2.90. The lowest BCUT2D eigenvalue weighted by molar-refractivity contribution is -0.137. The van der Waals surface area contributed by atoms with Crippen molar-refractivity contribution in [1.29, 1.82) is 0 Å². The summed E-state index contributed by atoms with van der Waals surface area (Å²) in [5.74, 6) is -0.949. The first kappa shape index (κ1) is 14.2. The molecule has 0 aromatic carbocycles. The van der Waals surface area contributed by atoms with Crippen molar-refractivity contribution in [2.24, 2.45) is 0 Å². The molecule has 0 radical (unpaired) electrons. The number of nitrogens with zero attached hydrogens (tertiary/aromatic N) is 1. The number of likely N-dealkylation sites (tertiary alicyclic amines) is 1. The van der Waals surface area contributed by atoms with Crippen LogP contribution in [0.4, 0.5) is 0 Å². The molecule has 2 rings (SSSR count). The molecule has 8 heteroatoms. The zero-order valence-electron chi connectivity index (χ0n) is 10.3. The molecule has 1 aromatic heterocycles. The number of rotatable bonds is 5. The van der Waals surface area contributed by atoms with Gasteiger partial charge in [-0.1, -0.05) is 6.07 Å². The van der Waals surface area contributed by atoms with Crippen LogP contribution in [0.2, 0.25) is 0 Å². The lowest BCUT2D eigenvalue weighted by Gasteiger charge is -2.11. The Hall–Kier alpha value is -1.25. The van der Waals surface area contributed by atoms with E-state index in [1.165, 1.54) is 18.4 Å². The molecule has 1 aliphatic heterocycles. The largest absolute Gasteiger partial charge is 0.284 e. The highest BCUT2D eigenvalue weighted by atomic mass is 32.2. The molecule has 0 spiro atoms. The fourth-order valence-corrected chi connectivity index (χ4v) is 3.88. The summed E-state index contributed by atoms with van der Waals surface area (Å²) in [7, 11) is -2.21. The maximum absolute atomic E-state index is 11.9. The van der Waals surface area contributed by atoms with Crippen LogP contribution in [0.3, 0.4) is 0 Å². The zero-order valence-corrected chi connectivity index (χ0v) is 12.0. The highest BCUT2D eigenvalue weighted by Crippen LogP contribution is 2.13. The van der Waals surface area contributed by atoms with Crippen molar-refractivity contribution >= 4 is 33.2 Å². The molecule has 1 fully saturated rings. The summed E-state index contributed by atoms with van der Waals surface area (Å²) in [6, 6.07) is 2.76. The van der Waals surface area contributed by atoms with Crippen LogP contribution in [-0.4, -0.2) is 44.0 Å². The maximum atomic E-state index is 11.9. The van der Waals surface area contributed by atoms with Crippen LogP contribution >= 0.6 is 11.3 Å². The third-order valence-corrected chi connectivity index (χ3v) is 5.22. The van der Waals surface area contributed by atoms with Gasteiger partial charge in [-0.05, 0) is 17.9 Å². The SMILES string of the molecule is CN1C(=O)CC(NS(=O)(=O)CCc2cccs2)C1=O. The smallest absolute Gasteiger partial charge is 0.247 e.